The minimum absolute atomic E-state index is 0.0203. The molecule has 1 aromatic rings. The molecule has 1 aliphatic rings. The van der Waals surface area contributed by atoms with Crippen molar-refractivity contribution in [2.45, 2.75) is 38.0 Å². The van der Waals surface area contributed by atoms with Gasteiger partial charge in [-0.2, -0.15) is 0 Å². The average Bonchev–Trinajstić information content (AvgIpc) is 2.27. The topological polar surface area (TPSA) is 44.5 Å². The highest BCUT2D eigenvalue weighted by Crippen LogP contribution is 2.40. The van der Waals surface area contributed by atoms with Gasteiger partial charge in [-0.05, 0) is 19.9 Å². The molecule has 0 aliphatic carbocycles. The standard InChI is InChI=1S/C13H19NO2/c1-9(15-3)13(2)8-11(14)10-6-4-5-7-12(10)16-13/h4-7,9,11H,8,14H2,1-3H3/t9?,11-,13?/m0/s1. The molecule has 2 unspecified atom stereocenters. The Balaban J connectivity index is 2.33. The van der Waals surface area contributed by atoms with Crippen molar-refractivity contribution in [2.75, 3.05) is 7.11 Å². The lowest BCUT2D eigenvalue weighted by molar-refractivity contribution is -0.0707. The quantitative estimate of drug-likeness (QED) is 0.833. The molecular formula is C13H19NO2. The van der Waals surface area contributed by atoms with E-state index in [1.54, 1.807) is 7.11 Å². The van der Waals surface area contributed by atoms with Crippen LogP contribution in [0.2, 0.25) is 0 Å². The van der Waals surface area contributed by atoms with Gasteiger partial charge in [-0.3, -0.25) is 0 Å². The third-order valence-corrected chi connectivity index (χ3v) is 3.50. The molecule has 88 valence electrons. The van der Waals surface area contributed by atoms with Gasteiger partial charge in [0.2, 0.25) is 0 Å². The van der Waals surface area contributed by atoms with E-state index in [4.69, 9.17) is 15.2 Å². The van der Waals surface area contributed by atoms with Crippen LogP contribution in [-0.4, -0.2) is 18.8 Å². The SMILES string of the molecule is COC(C)C1(C)C[C@H](N)c2ccccc2O1. The Morgan fingerprint density at radius 1 is 1.50 bits per heavy atom. The highest BCUT2D eigenvalue weighted by atomic mass is 16.5. The third-order valence-electron chi connectivity index (χ3n) is 3.50. The zero-order valence-corrected chi connectivity index (χ0v) is 10.1. The van der Waals surface area contributed by atoms with Crippen LogP contribution in [0.25, 0.3) is 0 Å². The summed E-state index contributed by atoms with van der Waals surface area (Å²) >= 11 is 0. The lowest BCUT2D eigenvalue weighted by Crippen LogP contribution is -2.49. The van der Waals surface area contributed by atoms with E-state index in [9.17, 15) is 0 Å². The molecule has 0 saturated heterocycles. The van der Waals surface area contributed by atoms with Crippen LogP contribution in [0, 0.1) is 0 Å². The van der Waals surface area contributed by atoms with Gasteiger partial charge in [-0.1, -0.05) is 18.2 Å². The summed E-state index contributed by atoms with van der Waals surface area (Å²) in [6, 6.07) is 7.97. The molecule has 0 saturated carbocycles. The summed E-state index contributed by atoms with van der Waals surface area (Å²) in [5, 5.41) is 0. The molecule has 0 bridgehead atoms. The van der Waals surface area contributed by atoms with E-state index in [1.165, 1.54) is 0 Å². The number of para-hydroxylation sites is 1. The first-order valence-corrected chi connectivity index (χ1v) is 5.63. The monoisotopic (exact) mass is 221 g/mol. The van der Waals surface area contributed by atoms with Crippen molar-refractivity contribution in [1.29, 1.82) is 0 Å². The number of ether oxygens (including phenoxy) is 2. The van der Waals surface area contributed by atoms with E-state index in [-0.39, 0.29) is 17.7 Å². The fraction of sp³-hybridized carbons (Fsp3) is 0.538. The van der Waals surface area contributed by atoms with E-state index in [0.29, 0.717) is 0 Å². The Hall–Kier alpha value is -1.06. The van der Waals surface area contributed by atoms with Crippen LogP contribution in [-0.2, 0) is 4.74 Å². The van der Waals surface area contributed by atoms with E-state index in [0.717, 1.165) is 17.7 Å². The normalized spacial score (nSPS) is 30.4. The van der Waals surface area contributed by atoms with Crippen molar-refractivity contribution in [3.05, 3.63) is 29.8 Å². The summed E-state index contributed by atoms with van der Waals surface area (Å²) < 4.78 is 11.4. The van der Waals surface area contributed by atoms with E-state index in [2.05, 4.69) is 6.92 Å². The smallest absolute Gasteiger partial charge is 0.134 e. The highest BCUT2D eigenvalue weighted by molar-refractivity contribution is 5.38. The van der Waals surface area contributed by atoms with Crippen molar-refractivity contribution < 1.29 is 9.47 Å². The summed E-state index contributed by atoms with van der Waals surface area (Å²) in [6.07, 6.45) is 0.797. The van der Waals surface area contributed by atoms with Crippen LogP contribution in [0.4, 0.5) is 0 Å². The molecule has 0 spiro atoms. The number of benzene rings is 1. The first-order valence-electron chi connectivity index (χ1n) is 5.63. The molecule has 1 aliphatic heterocycles. The van der Waals surface area contributed by atoms with Crippen LogP contribution in [0.1, 0.15) is 31.9 Å². The van der Waals surface area contributed by atoms with E-state index in [1.807, 2.05) is 31.2 Å². The second-order valence-corrected chi connectivity index (χ2v) is 4.64. The lowest BCUT2D eigenvalue weighted by atomic mass is 9.85. The van der Waals surface area contributed by atoms with Gasteiger partial charge in [0.05, 0.1) is 6.10 Å². The molecule has 1 aromatic carbocycles. The molecule has 3 heteroatoms. The van der Waals surface area contributed by atoms with Crippen molar-refractivity contribution in [3.63, 3.8) is 0 Å². The number of rotatable bonds is 2. The molecule has 3 atom stereocenters. The number of fused-ring (bicyclic) bond motifs is 1. The first-order chi connectivity index (χ1) is 7.57. The zero-order chi connectivity index (χ0) is 11.8. The van der Waals surface area contributed by atoms with Crippen LogP contribution in [0.3, 0.4) is 0 Å². The van der Waals surface area contributed by atoms with Crippen LogP contribution in [0.5, 0.6) is 5.75 Å². The Labute approximate surface area is 96.5 Å². The Kier molecular flexibility index (Phi) is 2.91. The molecule has 16 heavy (non-hydrogen) atoms. The van der Waals surface area contributed by atoms with Gasteiger partial charge in [0.25, 0.3) is 0 Å². The number of methoxy groups -OCH3 is 1. The van der Waals surface area contributed by atoms with Crippen molar-refractivity contribution >= 4 is 0 Å². The maximum absolute atomic E-state index is 6.18. The molecular weight excluding hydrogens is 202 g/mol. The molecule has 0 radical (unpaired) electrons. The summed E-state index contributed by atoms with van der Waals surface area (Å²) in [5.41, 5.74) is 6.92. The van der Waals surface area contributed by atoms with Gasteiger partial charge in [0, 0.05) is 25.1 Å². The van der Waals surface area contributed by atoms with E-state index < -0.39 is 0 Å². The molecule has 0 amide bonds. The molecule has 0 aromatic heterocycles. The fourth-order valence-electron chi connectivity index (χ4n) is 2.22. The molecule has 1 heterocycles. The summed E-state index contributed by atoms with van der Waals surface area (Å²) in [7, 11) is 1.70. The van der Waals surface area contributed by atoms with Gasteiger partial charge < -0.3 is 15.2 Å². The molecule has 3 nitrogen and oxygen atoms in total. The summed E-state index contributed by atoms with van der Waals surface area (Å²) in [4.78, 5) is 0. The fourth-order valence-corrected chi connectivity index (χ4v) is 2.22. The molecule has 0 fully saturated rings. The first kappa shape index (κ1) is 11.4. The predicted molar refractivity (Wildman–Crippen MR) is 63.5 cm³/mol. The lowest BCUT2D eigenvalue weighted by Gasteiger charge is -2.41. The maximum Gasteiger partial charge on any atom is 0.134 e. The summed E-state index contributed by atoms with van der Waals surface area (Å²) in [5.74, 6) is 0.882. The van der Waals surface area contributed by atoms with Gasteiger partial charge in [0.1, 0.15) is 11.4 Å². The Morgan fingerprint density at radius 2 is 2.19 bits per heavy atom. The average molecular weight is 221 g/mol. The Morgan fingerprint density at radius 3 is 2.88 bits per heavy atom. The summed E-state index contributed by atoms with van der Waals surface area (Å²) in [6.45, 7) is 4.07. The van der Waals surface area contributed by atoms with Crippen LogP contribution in [0.15, 0.2) is 24.3 Å². The van der Waals surface area contributed by atoms with Crippen LogP contribution >= 0.6 is 0 Å². The van der Waals surface area contributed by atoms with Crippen molar-refractivity contribution in [3.8, 4) is 5.75 Å². The van der Waals surface area contributed by atoms with Gasteiger partial charge in [0.15, 0.2) is 0 Å². The Bertz CT molecular complexity index is 380. The van der Waals surface area contributed by atoms with Crippen molar-refractivity contribution in [2.24, 2.45) is 5.73 Å². The van der Waals surface area contributed by atoms with Crippen LogP contribution < -0.4 is 10.5 Å². The number of hydrogen-bond acceptors (Lipinski definition) is 3. The minimum Gasteiger partial charge on any atom is -0.484 e. The van der Waals surface area contributed by atoms with E-state index >= 15 is 0 Å². The molecule has 2 rings (SSSR count). The highest BCUT2D eigenvalue weighted by Gasteiger charge is 2.40. The second-order valence-electron chi connectivity index (χ2n) is 4.64. The largest absolute Gasteiger partial charge is 0.484 e. The van der Waals surface area contributed by atoms with Gasteiger partial charge in [-0.25, -0.2) is 0 Å². The second kappa shape index (κ2) is 4.07. The number of hydrogen-bond donors (Lipinski definition) is 1. The van der Waals surface area contributed by atoms with Crippen molar-refractivity contribution in [1.82, 2.24) is 0 Å². The third kappa shape index (κ3) is 1.81. The van der Waals surface area contributed by atoms with Gasteiger partial charge >= 0.3 is 0 Å². The zero-order valence-electron chi connectivity index (χ0n) is 10.1. The predicted octanol–water partition coefficient (Wildman–Crippen LogP) is 2.26. The number of nitrogens with two attached hydrogens (primary N) is 1. The molecule has 2 N–H and O–H groups in total. The minimum atomic E-state index is -0.345. The van der Waals surface area contributed by atoms with Gasteiger partial charge in [-0.15, -0.1) is 0 Å². The maximum atomic E-state index is 6.18.